The number of hydrogen-bond acceptors (Lipinski definition) is 0. The van der Waals surface area contributed by atoms with Crippen LogP contribution in [-0.4, -0.2) is 16.0 Å². The van der Waals surface area contributed by atoms with Gasteiger partial charge in [-0.05, 0) is 0 Å². The summed E-state index contributed by atoms with van der Waals surface area (Å²) in [6, 6.07) is 13.3. The van der Waals surface area contributed by atoms with Crippen molar-refractivity contribution in [1.29, 1.82) is 0 Å². The van der Waals surface area contributed by atoms with Gasteiger partial charge in [-0.1, -0.05) is 0 Å². The fourth-order valence-corrected chi connectivity index (χ4v) is 3.59. The summed E-state index contributed by atoms with van der Waals surface area (Å²) in [6.07, 6.45) is 10.9. The topological polar surface area (TPSA) is 0 Å². The van der Waals surface area contributed by atoms with Crippen molar-refractivity contribution in [2.45, 2.75) is 58.3 Å². The number of unbranched alkanes of at least 4 members (excludes halogenated alkanes) is 6. The number of fused-ring (bicyclic) bond motifs is 1. The number of benzene rings is 2. The predicted octanol–water partition coefficient (Wildman–Crippen LogP) is 4.66. The van der Waals surface area contributed by atoms with Crippen LogP contribution in [0.5, 0.6) is 0 Å². The third kappa shape index (κ3) is 4.36. The zero-order valence-electron chi connectivity index (χ0n) is 12.6. The van der Waals surface area contributed by atoms with Crippen molar-refractivity contribution in [2.24, 2.45) is 0 Å². The van der Waals surface area contributed by atoms with Gasteiger partial charge in [-0.25, -0.2) is 0 Å². The molecule has 2 rings (SSSR count). The molecule has 0 nitrogen and oxygen atoms in total. The molecule has 0 aliphatic heterocycles. The van der Waals surface area contributed by atoms with Gasteiger partial charge in [-0.3, -0.25) is 0 Å². The first kappa shape index (κ1) is 15.6. The summed E-state index contributed by atoms with van der Waals surface area (Å²) in [5, 5.41) is 2.75. The first-order valence-corrected chi connectivity index (χ1v) is 8.96. The van der Waals surface area contributed by atoms with E-state index in [4.69, 9.17) is 0 Å². The SMILES string of the molecule is CCCCCCCCCc1ccc2ccccc2c1[SeH]. The van der Waals surface area contributed by atoms with Crippen molar-refractivity contribution in [3.8, 4) is 0 Å². The monoisotopic (exact) mass is 334 g/mol. The van der Waals surface area contributed by atoms with Crippen LogP contribution >= 0.6 is 0 Å². The Balaban J connectivity index is 1.83. The Morgan fingerprint density at radius 2 is 1.50 bits per heavy atom. The molecule has 0 atom stereocenters. The molecular formula is C19H26Se. The van der Waals surface area contributed by atoms with Crippen molar-refractivity contribution >= 4 is 31.2 Å². The van der Waals surface area contributed by atoms with Crippen LogP contribution in [0.15, 0.2) is 36.4 Å². The summed E-state index contributed by atoms with van der Waals surface area (Å²) < 4.78 is 1.42. The van der Waals surface area contributed by atoms with E-state index in [-0.39, 0.29) is 0 Å². The van der Waals surface area contributed by atoms with Crippen molar-refractivity contribution in [3.63, 3.8) is 0 Å². The first-order valence-electron chi connectivity index (χ1n) is 8.02. The van der Waals surface area contributed by atoms with E-state index in [1.807, 2.05) is 0 Å². The molecule has 20 heavy (non-hydrogen) atoms. The van der Waals surface area contributed by atoms with Gasteiger partial charge < -0.3 is 0 Å². The second-order valence-electron chi connectivity index (χ2n) is 5.67. The van der Waals surface area contributed by atoms with E-state index in [1.54, 1.807) is 0 Å². The fourth-order valence-electron chi connectivity index (χ4n) is 2.77. The van der Waals surface area contributed by atoms with Crippen LogP contribution in [0.3, 0.4) is 0 Å². The summed E-state index contributed by atoms with van der Waals surface area (Å²) in [6.45, 7) is 2.28. The molecule has 0 N–H and O–H groups in total. The van der Waals surface area contributed by atoms with Gasteiger partial charge in [0.2, 0.25) is 0 Å². The van der Waals surface area contributed by atoms with Crippen molar-refractivity contribution in [1.82, 2.24) is 0 Å². The van der Waals surface area contributed by atoms with E-state index in [9.17, 15) is 0 Å². The average Bonchev–Trinajstić information content (AvgIpc) is 2.49. The zero-order valence-corrected chi connectivity index (χ0v) is 14.4. The van der Waals surface area contributed by atoms with E-state index in [0.29, 0.717) is 0 Å². The van der Waals surface area contributed by atoms with Gasteiger partial charge in [-0.15, -0.1) is 0 Å². The van der Waals surface area contributed by atoms with Gasteiger partial charge in [0.25, 0.3) is 0 Å². The average molecular weight is 333 g/mol. The Labute approximate surface area is 131 Å². The molecule has 0 aliphatic rings. The summed E-state index contributed by atoms with van der Waals surface area (Å²) >= 11 is 2.78. The number of rotatable bonds is 8. The number of aryl methyl sites for hydroxylation is 1. The van der Waals surface area contributed by atoms with Crippen LogP contribution in [0.25, 0.3) is 10.8 Å². The van der Waals surface area contributed by atoms with Gasteiger partial charge in [-0.2, -0.15) is 0 Å². The molecule has 0 fully saturated rings. The molecule has 0 unspecified atom stereocenters. The molecule has 2 aromatic carbocycles. The predicted molar refractivity (Wildman–Crippen MR) is 92.4 cm³/mol. The maximum absolute atomic E-state index is 2.78. The summed E-state index contributed by atoms with van der Waals surface area (Å²) in [4.78, 5) is 0. The van der Waals surface area contributed by atoms with E-state index < -0.39 is 0 Å². The zero-order chi connectivity index (χ0) is 14.2. The van der Waals surface area contributed by atoms with E-state index >= 15 is 0 Å². The molecule has 0 aromatic heterocycles. The maximum atomic E-state index is 2.78. The Kier molecular flexibility index (Phi) is 6.63. The fraction of sp³-hybridized carbons (Fsp3) is 0.474. The summed E-state index contributed by atoms with van der Waals surface area (Å²) in [7, 11) is 0. The van der Waals surface area contributed by atoms with Crippen molar-refractivity contribution in [3.05, 3.63) is 42.0 Å². The Hall–Kier alpha value is -0.781. The van der Waals surface area contributed by atoms with Gasteiger partial charge in [0, 0.05) is 0 Å². The molecule has 0 bridgehead atoms. The van der Waals surface area contributed by atoms with Crippen LogP contribution < -0.4 is 4.46 Å². The van der Waals surface area contributed by atoms with E-state index in [0.717, 1.165) is 0 Å². The molecule has 108 valence electrons. The summed E-state index contributed by atoms with van der Waals surface area (Å²) in [5.74, 6) is 0. The first-order chi connectivity index (χ1) is 9.83. The quantitative estimate of drug-likeness (QED) is 0.487. The van der Waals surface area contributed by atoms with Gasteiger partial charge in [0.15, 0.2) is 0 Å². The molecule has 0 saturated carbocycles. The van der Waals surface area contributed by atoms with Crippen LogP contribution in [0.1, 0.15) is 57.4 Å². The van der Waals surface area contributed by atoms with Gasteiger partial charge in [0.1, 0.15) is 0 Å². The van der Waals surface area contributed by atoms with E-state index in [1.165, 1.54) is 72.2 Å². The third-order valence-electron chi connectivity index (χ3n) is 4.03. The van der Waals surface area contributed by atoms with Crippen LogP contribution in [0.4, 0.5) is 0 Å². The standard InChI is InChI=1S/C19H26Se/c1-2-3-4-5-6-7-8-12-17-15-14-16-11-9-10-13-18(16)19(17)20/h9-11,13-15,20H,2-8,12H2,1H3. The minimum atomic E-state index is 1.22. The third-order valence-corrected chi connectivity index (χ3v) is 5.14. The van der Waals surface area contributed by atoms with Crippen molar-refractivity contribution < 1.29 is 0 Å². The molecule has 0 saturated heterocycles. The second-order valence-corrected chi connectivity index (χ2v) is 6.60. The molecule has 0 amide bonds. The molecule has 1 heteroatoms. The van der Waals surface area contributed by atoms with Crippen LogP contribution in [0, 0.1) is 0 Å². The van der Waals surface area contributed by atoms with Crippen LogP contribution in [0.2, 0.25) is 0 Å². The molecule has 2 aromatic rings. The molecule has 0 aliphatic carbocycles. The molecular weight excluding hydrogens is 307 g/mol. The minimum absolute atomic E-state index is 1.22. The summed E-state index contributed by atoms with van der Waals surface area (Å²) in [5.41, 5.74) is 1.51. The van der Waals surface area contributed by atoms with Gasteiger partial charge >= 0.3 is 131 Å². The van der Waals surface area contributed by atoms with Crippen LogP contribution in [-0.2, 0) is 6.42 Å². The van der Waals surface area contributed by atoms with Crippen molar-refractivity contribution in [2.75, 3.05) is 0 Å². The Morgan fingerprint density at radius 1 is 0.800 bits per heavy atom. The number of hydrogen-bond donors (Lipinski definition) is 0. The Bertz CT molecular complexity index is 530. The molecule has 0 heterocycles. The Morgan fingerprint density at radius 3 is 2.30 bits per heavy atom. The molecule has 0 radical (unpaired) electrons. The second kappa shape index (κ2) is 8.49. The van der Waals surface area contributed by atoms with Gasteiger partial charge in [0.05, 0.1) is 0 Å². The van der Waals surface area contributed by atoms with E-state index in [2.05, 4.69) is 59.3 Å². The normalized spacial score (nSPS) is 11.1. The molecule has 0 spiro atoms.